The van der Waals surface area contributed by atoms with Crippen LogP contribution >= 0.6 is 0 Å². The molecule has 0 radical (unpaired) electrons. The molecule has 1 fully saturated rings. The van der Waals surface area contributed by atoms with Crippen LogP contribution in [0.15, 0.2) is 12.7 Å². The minimum Gasteiger partial charge on any atom is -0.367 e. The molecule has 0 aromatic carbocycles. The molecule has 0 bridgehead atoms. The van der Waals surface area contributed by atoms with E-state index in [0.29, 0.717) is 6.10 Å². The van der Waals surface area contributed by atoms with Crippen molar-refractivity contribution in [2.75, 3.05) is 32.8 Å². The molecule has 1 unspecified atom stereocenters. The maximum absolute atomic E-state index is 5.57. The summed E-state index contributed by atoms with van der Waals surface area (Å²) in [6.45, 7) is 14.8. The van der Waals surface area contributed by atoms with Crippen molar-refractivity contribution in [2.45, 2.75) is 84.2 Å². The molecule has 1 rings (SSSR count). The van der Waals surface area contributed by atoms with Crippen LogP contribution in [0.3, 0.4) is 0 Å². The Bertz CT molecular complexity index is 265. The van der Waals surface area contributed by atoms with Crippen molar-refractivity contribution in [3.63, 3.8) is 0 Å². The highest BCUT2D eigenvalue weighted by Gasteiger charge is 2.35. The van der Waals surface area contributed by atoms with Gasteiger partial charge in [-0.15, -0.1) is 6.58 Å². The Hall–Kier alpha value is -0.340. The van der Waals surface area contributed by atoms with E-state index in [1.165, 1.54) is 94.9 Å². The van der Waals surface area contributed by atoms with Crippen LogP contribution in [0.2, 0.25) is 0 Å². The number of hydrogen-bond donors (Lipinski definition) is 0. The zero-order chi connectivity index (χ0) is 16.1. The predicted molar refractivity (Wildman–Crippen MR) is 97.2 cm³/mol. The van der Waals surface area contributed by atoms with Crippen LogP contribution in [-0.4, -0.2) is 43.4 Å². The number of quaternary nitrogens is 1. The fourth-order valence-electron chi connectivity index (χ4n) is 3.47. The van der Waals surface area contributed by atoms with Gasteiger partial charge < -0.3 is 9.22 Å². The van der Waals surface area contributed by atoms with Crippen LogP contribution in [0.4, 0.5) is 0 Å². The van der Waals surface area contributed by atoms with E-state index in [0.717, 1.165) is 6.61 Å². The van der Waals surface area contributed by atoms with E-state index in [4.69, 9.17) is 4.74 Å². The van der Waals surface area contributed by atoms with Gasteiger partial charge in [-0.2, -0.15) is 0 Å². The predicted octanol–water partition coefficient (Wildman–Crippen LogP) is 5.33. The van der Waals surface area contributed by atoms with E-state index in [1.807, 2.05) is 6.08 Å². The number of nitrogens with zero attached hydrogens (tertiary/aromatic N) is 1. The topological polar surface area (TPSA) is 12.5 Å². The van der Waals surface area contributed by atoms with Gasteiger partial charge in [0, 0.05) is 0 Å². The quantitative estimate of drug-likeness (QED) is 0.162. The maximum Gasteiger partial charge on any atom is 0.130 e. The molecule has 2 heteroatoms. The minimum atomic E-state index is 0.571. The first-order valence-electron chi connectivity index (χ1n) is 9.84. The Morgan fingerprint density at radius 3 is 2.00 bits per heavy atom. The van der Waals surface area contributed by atoms with Gasteiger partial charge in [0.25, 0.3) is 0 Å². The molecule has 1 atom stereocenters. The van der Waals surface area contributed by atoms with Gasteiger partial charge >= 0.3 is 0 Å². The SMILES string of the molecule is C=CCCCCCCC[N+](CCCC)(CCCC)CC1CO1. The average molecular weight is 311 g/mol. The highest BCUT2D eigenvalue weighted by Crippen LogP contribution is 2.22. The lowest BCUT2D eigenvalue weighted by Gasteiger charge is -2.39. The summed E-state index contributed by atoms with van der Waals surface area (Å²) in [4.78, 5) is 0. The molecule has 0 amide bonds. The van der Waals surface area contributed by atoms with Crippen molar-refractivity contribution < 1.29 is 9.22 Å². The highest BCUT2D eigenvalue weighted by molar-refractivity contribution is 4.69. The molecule has 1 saturated heterocycles. The summed E-state index contributed by atoms with van der Waals surface area (Å²) in [5.74, 6) is 0. The third-order valence-corrected chi connectivity index (χ3v) is 5.01. The Kier molecular flexibility index (Phi) is 10.9. The summed E-state index contributed by atoms with van der Waals surface area (Å²) >= 11 is 0. The van der Waals surface area contributed by atoms with Gasteiger partial charge in [0.2, 0.25) is 0 Å². The number of ether oxygens (including phenoxy) is 1. The summed E-state index contributed by atoms with van der Waals surface area (Å²) in [5, 5.41) is 0. The Balaban J connectivity index is 2.34. The zero-order valence-corrected chi connectivity index (χ0v) is 15.3. The smallest absolute Gasteiger partial charge is 0.130 e. The summed E-state index contributed by atoms with van der Waals surface area (Å²) < 4.78 is 6.90. The van der Waals surface area contributed by atoms with Crippen LogP contribution in [-0.2, 0) is 4.74 Å². The van der Waals surface area contributed by atoms with E-state index in [-0.39, 0.29) is 0 Å². The van der Waals surface area contributed by atoms with Gasteiger partial charge in [0.1, 0.15) is 12.6 Å². The van der Waals surface area contributed by atoms with Crippen molar-refractivity contribution in [3.8, 4) is 0 Å². The number of unbranched alkanes of at least 4 members (excludes halogenated alkanes) is 7. The standard InChI is InChI=1S/C20H40NO/c1-4-7-10-11-12-13-14-17-21(15-8-5-2,16-9-6-3)18-20-19-22-20/h4,20H,1,5-19H2,2-3H3/q+1. The van der Waals surface area contributed by atoms with Gasteiger partial charge in [0.15, 0.2) is 0 Å². The fourth-order valence-corrected chi connectivity index (χ4v) is 3.47. The lowest BCUT2D eigenvalue weighted by molar-refractivity contribution is -0.929. The van der Waals surface area contributed by atoms with E-state index in [9.17, 15) is 0 Å². The third kappa shape index (κ3) is 8.95. The normalized spacial score (nSPS) is 17.6. The molecule has 1 aliphatic rings. The second kappa shape index (κ2) is 12.1. The van der Waals surface area contributed by atoms with Crippen molar-refractivity contribution >= 4 is 0 Å². The molecule has 0 spiro atoms. The third-order valence-electron chi connectivity index (χ3n) is 5.01. The Labute approximate surface area is 139 Å². The van der Waals surface area contributed by atoms with Gasteiger partial charge in [-0.05, 0) is 38.5 Å². The largest absolute Gasteiger partial charge is 0.367 e. The molecule has 0 N–H and O–H groups in total. The molecular formula is C20H40NO+. The Morgan fingerprint density at radius 1 is 0.909 bits per heavy atom. The summed E-state index contributed by atoms with van der Waals surface area (Å²) in [6.07, 6.45) is 16.1. The van der Waals surface area contributed by atoms with E-state index in [2.05, 4.69) is 20.4 Å². The van der Waals surface area contributed by atoms with Crippen molar-refractivity contribution in [1.82, 2.24) is 0 Å². The van der Waals surface area contributed by atoms with Crippen molar-refractivity contribution in [2.24, 2.45) is 0 Å². The van der Waals surface area contributed by atoms with E-state index in [1.54, 1.807) is 0 Å². The highest BCUT2D eigenvalue weighted by atomic mass is 16.6. The van der Waals surface area contributed by atoms with Crippen molar-refractivity contribution in [3.05, 3.63) is 12.7 Å². The second-order valence-electron chi connectivity index (χ2n) is 7.20. The molecule has 1 heterocycles. The van der Waals surface area contributed by atoms with E-state index >= 15 is 0 Å². The molecule has 130 valence electrons. The van der Waals surface area contributed by atoms with Crippen LogP contribution in [0.1, 0.15) is 78.1 Å². The Morgan fingerprint density at radius 2 is 1.45 bits per heavy atom. The first kappa shape index (κ1) is 19.7. The fraction of sp³-hybridized carbons (Fsp3) is 0.900. The molecule has 1 aliphatic heterocycles. The second-order valence-corrected chi connectivity index (χ2v) is 7.20. The van der Waals surface area contributed by atoms with Crippen LogP contribution < -0.4 is 0 Å². The maximum atomic E-state index is 5.57. The molecule has 0 aliphatic carbocycles. The van der Waals surface area contributed by atoms with Gasteiger partial charge in [0.05, 0.1) is 26.2 Å². The zero-order valence-electron chi connectivity index (χ0n) is 15.3. The number of epoxide rings is 1. The monoisotopic (exact) mass is 310 g/mol. The van der Waals surface area contributed by atoms with Gasteiger partial charge in [-0.3, -0.25) is 0 Å². The lowest BCUT2D eigenvalue weighted by atomic mass is 10.1. The molecule has 22 heavy (non-hydrogen) atoms. The average Bonchev–Trinajstić information content (AvgIpc) is 3.34. The summed E-state index contributed by atoms with van der Waals surface area (Å²) in [5.41, 5.74) is 0. The molecular weight excluding hydrogens is 270 g/mol. The first-order chi connectivity index (χ1) is 10.8. The van der Waals surface area contributed by atoms with E-state index < -0.39 is 0 Å². The molecule has 0 saturated carbocycles. The van der Waals surface area contributed by atoms with Gasteiger partial charge in [-0.25, -0.2) is 0 Å². The van der Waals surface area contributed by atoms with Crippen LogP contribution in [0, 0.1) is 0 Å². The molecule has 0 aromatic heterocycles. The van der Waals surface area contributed by atoms with Crippen LogP contribution in [0.25, 0.3) is 0 Å². The summed E-state index contributed by atoms with van der Waals surface area (Å²) in [6, 6.07) is 0. The molecule has 0 aromatic rings. The lowest BCUT2D eigenvalue weighted by Crippen LogP contribution is -2.52. The number of rotatable bonds is 16. The number of hydrogen-bond acceptors (Lipinski definition) is 1. The summed E-state index contributed by atoms with van der Waals surface area (Å²) in [7, 11) is 0. The van der Waals surface area contributed by atoms with Gasteiger partial charge in [-0.1, -0.05) is 45.6 Å². The minimum absolute atomic E-state index is 0.571. The first-order valence-corrected chi connectivity index (χ1v) is 9.84. The van der Waals surface area contributed by atoms with Crippen molar-refractivity contribution in [1.29, 1.82) is 0 Å². The number of allylic oxidation sites excluding steroid dienone is 1. The molecule has 2 nitrogen and oxygen atoms in total. The van der Waals surface area contributed by atoms with Crippen LogP contribution in [0.5, 0.6) is 0 Å².